The molecule has 0 aliphatic heterocycles. The summed E-state index contributed by atoms with van der Waals surface area (Å²) in [5, 5.41) is 1.99. The summed E-state index contributed by atoms with van der Waals surface area (Å²) < 4.78 is 25.7. The number of rotatable bonds is 5. The largest absolute Gasteiger partial charge is 0.294 e. The molecule has 4 heteroatoms. The average Bonchev–Trinajstić information content (AvgIpc) is 2.85. The monoisotopic (exact) mass is 266 g/mol. The van der Waals surface area contributed by atoms with Crippen molar-refractivity contribution in [1.29, 1.82) is 0 Å². The molecule has 0 radical (unpaired) electrons. The van der Waals surface area contributed by atoms with E-state index in [9.17, 15) is 13.6 Å². The fourth-order valence-electron chi connectivity index (χ4n) is 1.69. The number of thiophene rings is 1. The van der Waals surface area contributed by atoms with Crippen LogP contribution < -0.4 is 0 Å². The van der Waals surface area contributed by atoms with Crippen molar-refractivity contribution >= 4 is 17.1 Å². The van der Waals surface area contributed by atoms with Crippen LogP contribution in [0.4, 0.5) is 8.78 Å². The molecule has 1 aromatic carbocycles. The number of hydrogen-bond acceptors (Lipinski definition) is 2. The van der Waals surface area contributed by atoms with E-state index >= 15 is 0 Å². The van der Waals surface area contributed by atoms with Crippen LogP contribution in [0.5, 0.6) is 0 Å². The van der Waals surface area contributed by atoms with Crippen LogP contribution in [0.15, 0.2) is 35.7 Å². The fourth-order valence-corrected chi connectivity index (χ4v) is 2.44. The van der Waals surface area contributed by atoms with Gasteiger partial charge in [0.1, 0.15) is 0 Å². The summed E-state index contributed by atoms with van der Waals surface area (Å²) in [6.07, 6.45) is 1.91. The van der Waals surface area contributed by atoms with Crippen LogP contribution in [0, 0.1) is 11.6 Å². The number of hydrogen-bond donors (Lipinski definition) is 0. The van der Waals surface area contributed by atoms with Gasteiger partial charge in [0, 0.05) is 16.9 Å². The smallest absolute Gasteiger partial charge is 0.162 e. The summed E-state index contributed by atoms with van der Waals surface area (Å²) in [6.45, 7) is 0. The van der Waals surface area contributed by atoms with Gasteiger partial charge in [-0.05, 0) is 42.5 Å². The van der Waals surface area contributed by atoms with Gasteiger partial charge >= 0.3 is 0 Å². The van der Waals surface area contributed by atoms with Crippen LogP contribution in [-0.4, -0.2) is 5.78 Å². The normalized spacial score (nSPS) is 10.6. The molecular weight excluding hydrogens is 254 g/mol. The molecule has 0 atom stereocenters. The minimum absolute atomic E-state index is 0.148. The molecule has 0 unspecified atom stereocenters. The molecule has 0 amide bonds. The molecule has 1 nitrogen and oxygen atoms in total. The van der Waals surface area contributed by atoms with E-state index in [0.717, 1.165) is 25.0 Å². The summed E-state index contributed by atoms with van der Waals surface area (Å²) in [7, 11) is 0. The third-order valence-corrected chi connectivity index (χ3v) is 3.58. The molecule has 0 aliphatic rings. The first-order valence-corrected chi connectivity index (χ1v) is 6.55. The minimum atomic E-state index is -0.973. The first-order chi connectivity index (χ1) is 8.66. The highest BCUT2D eigenvalue weighted by Gasteiger charge is 2.09. The van der Waals surface area contributed by atoms with Gasteiger partial charge in [0.2, 0.25) is 0 Å². The van der Waals surface area contributed by atoms with Crippen LogP contribution in [0.25, 0.3) is 0 Å². The van der Waals surface area contributed by atoms with E-state index in [-0.39, 0.29) is 11.3 Å². The van der Waals surface area contributed by atoms with Crippen molar-refractivity contribution in [2.45, 2.75) is 19.3 Å². The summed E-state index contributed by atoms with van der Waals surface area (Å²) in [4.78, 5) is 13.0. The van der Waals surface area contributed by atoms with Crippen molar-refractivity contribution in [3.8, 4) is 0 Å². The van der Waals surface area contributed by atoms with E-state index < -0.39 is 11.6 Å². The summed E-state index contributed by atoms with van der Waals surface area (Å²) in [5.74, 6) is -2.05. The third-order valence-electron chi connectivity index (χ3n) is 2.65. The van der Waals surface area contributed by atoms with Gasteiger partial charge < -0.3 is 0 Å². The Morgan fingerprint density at radius 1 is 1.17 bits per heavy atom. The van der Waals surface area contributed by atoms with Crippen molar-refractivity contribution in [3.63, 3.8) is 0 Å². The SMILES string of the molecule is O=C(CCCc1cccs1)c1ccc(F)c(F)c1. The molecule has 0 saturated carbocycles. The second kappa shape index (κ2) is 5.87. The highest BCUT2D eigenvalue weighted by molar-refractivity contribution is 7.09. The first-order valence-electron chi connectivity index (χ1n) is 5.67. The zero-order valence-electron chi connectivity index (χ0n) is 9.66. The van der Waals surface area contributed by atoms with Crippen LogP contribution in [0.3, 0.4) is 0 Å². The van der Waals surface area contributed by atoms with Gasteiger partial charge in [0.15, 0.2) is 17.4 Å². The second-order valence-corrected chi connectivity index (χ2v) is 5.02. The maximum Gasteiger partial charge on any atom is 0.162 e. The van der Waals surface area contributed by atoms with E-state index in [2.05, 4.69) is 0 Å². The van der Waals surface area contributed by atoms with Gasteiger partial charge in [-0.15, -0.1) is 11.3 Å². The zero-order chi connectivity index (χ0) is 13.0. The lowest BCUT2D eigenvalue weighted by molar-refractivity contribution is 0.0979. The van der Waals surface area contributed by atoms with E-state index in [1.54, 1.807) is 11.3 Å². The Morgan fingerprint density at radius 3 is 2.67 bits per heavy atom. The molecule has 0 aliphatic carbocycles. The van der Waals surface area contributed by atoms with E-state index in [1.165, 1.54) is 10.9 Å². The number of carbonyl (C=O) groups is 1. The summed E-state index contributed by atoms with van der Waals surface area (Å²) >= 11 is 1.65. The van der Waals surface area contributed by atoms with E-state index in [0.29, 0.717) is 6.42 Å². The van der Waals surface area contributed by atoms with Crippen LogP contribution in [0.1, 0.15) is 28.1 Å². The molecule has 0 fully saturated rings. The van der Waals surface area contributed by atoms with Crippen molar-refractivity contribution in [3.05, 3.63) is 57.8 Å². The van der Waals surface area contributed by atoms with Crippen molar-refractivity contribution in [2.75, 3.05) is 0 Å². The Bertz CT molecular complexity index is 535. The van der Waals surface area contributed by atoms with Gasteiger partial charge in [0.25, 0.3) is 0 Å². The Balaban J connectivity index is 1.89. The molecule has 1 aromatic heterocycles. The number of benzene rings is 1. The number of aryl methyl sites for hydroxylation is 1. The molecule has 2 rings (SSSR count). The standard InChI is InChI=1S/C14H12F2OS/c15-12-7-6-10(9-13(12)16)14(17)5-1-3-11-4-2-8-18-11/h2,4,6-9H,1,3,5H2. The predicted octanol–water partition coefficient (Wildman–Crippen LogP) is 4.23. The second-order valence-electron chi connectivity index (χ2n) is 3.98. The summed E-state index contributed by atoms with van der Waals surface area (Å²) in [5.41, 5.74) is 0.236. The lowest BCUT2D eigenvalue weighted by Gasteiger charge is -2.01. The molecule has 0 spiro atoms. The first kappa shape index (κ1) is 12.9. The Labute approximate surface area is 108 Å². The number of halogens is 2. The van der Waals surface area contributed by atoms with Crippen LogP contribution in [0.2, 0.25) is 0 Å². The lowest BCUT2D eigenvalue weighted by Crippen LogP contribution is -2.01. The van der Waals surface area contributed by atoms with Gasteiger partial charge in [0.05, 0.1) is 0 Å². The number of Topliss-reactive ketones (excluding diaryl/α,β-unsaturated/α-hetero) is 1. The van der Waals surface area contributed by atoms with Crippen molar-refractivity contribution in [2.24, 2.45) is 0 Å². The Kier molecular flexibility index (Phi) is 4.20. The summed E-state index contributed by atoms with van der Waals surface area (Å²) in [6, 6.07) is 7.26. The molecule has 18 heavy (non-hydrogen) atoms. The van der Waals surface area contributed by atoms with Gasteiger partial charge in [-0.2, -0.15) is 0 Å². The topological polar surface area (TPSA) is 17.1 Å². The molecule has 0 N–H and O–H groups in total. The minimum Gasteiger partial charge on any atom is -0.294 e. The van der Waals surface area contributed by atoms with E-state index in [4.69, 9.17) is 0 Å². The molecule has 1 heterocycles. The highest BCUT2D eigenvalue weighted by Crippen LogP contribution is 2.15. The zero-order valence-corrected chi connectivity index (χ0v) is 10.5. The average molecular weight is 266 g/mol. The van der Waals surface area contributed by atoms with Gasteiger partial charge in [-0.3, -0.25) is 4.79 Å². The Morgan fingerprint density at radius 2 is 2.00 bits per heavy atom. The molecule has 2 aromatic rings. The van der Waals surface area contributed by atoms with Gasteiger partial charge in [-0.1, -0.05) is 6.07 Å². The van der Waals surface area contributed by atoms with Crippen LogP contribution in [-0.2, 0) is 6.42 Å². The molecule has 0 saturated heterocycles. The number of carbonyl (C=O) groups excluding carboxylic acids is 1. The van der Waals surface area contributed by atoms with Gasteiger partial charge in [-0.25, -0.2) is 8.78 Å². The van der Waals surface area contributed by atoms with Crippen molar-refractivity contribution < 1.29 is 13.6 Å². The number of ketones is 1. The third kappa shape index (κ3) is 3.23. The molecule has 0 bridgehead atoms. The fraction of sp³-hybridized carbons (Fsp3) is 0.214. The maximum atomic E-state index is 13.0. The lowest BCUT2D eigenvalue weighted by atomic mass is 10.0. The van der Waals surface area contributed by atoms with Crippen molar-refractivity contribution in [1.82, 2.24) is 0 Å². The Hall–Kier alpha value is -1.55. The van der Waals surface area contributed by atoms with Crippen LogP contribution >= 0.6 is 11.3 Å². The maximum absolute atomic E-state index is 13.0. The molecular formula is C14H12F2OS. The quantitative estimate of drug-likeness (QED) is 0.740. The highest BCUT2D eigenvalue weighted by atomic mass is 32.1. The predicted molar refractivity (Wildman–Crippen MR) is 67.9 cm³/mol. The van der Waals surface area contributed by atoms with E-state index in [1.807, 2.05) is 17.5 Å². The molecule has 94 valence electrons.